The largest absolute Gasteiger partial charge is 0.416 e. The Labute approximate surface area is 176 Å². The predicted molar refractivity (Wildman–Crippen MR) is 104 cm³/mol. The van der Waals surface area contributed by atoms with E-state index in [1.165, 1.54) is 12.1 Å². The molecule has 0 spiro atoms. The van der Waals surface area contributed by atoms with Crippen molar-refractivity contribution in [2.75, 3.05) is 18.0 Å². The normalized spacial score (nSPS) is 16.6. The molecule has 0 unspecified atom stereocenters. The summed E-state index contributed by atoms with van der Waals surface area (Å²) in [5.41, 5.74) is -0.511. The number of rotatable bonds is 5. The predicted octanol–water partition coefficient (Wildman–Crippen LogP) is 5.00. The number of likely N-dealkylation sites (tertiary alicyclic amines) is 1. The third-order valence-electron chi connectivity index (χ3n) is 5.13. The van der Waals surface area contributed by atoms with Crippen molar-refractivity contribution in [1.82, 2.24) is 4.90 Å². The maximum atomic E-state index is 13.8. The first kappa shape index (κ1) is 21.9. The van der Waals surface area contributed by atoms with Crippen molar-refractivity contribution in [2.45, 2.75) is 32.1 Å². The topological polar surface area (TPSA) is 47.3 Å². The van der Waals surface area contributed by atoms with Gasteiger partial charge < -0.3 is 9.80 Å². The fourth-order valence-electron chi connectivity index (χ4n) is 3.62. The number of hydrogen-bond acceptors (Lipinski definition) is 3. The average Bonchev–Trinajstić information content (AvgIpc) is 3.05. The smallest absolute Gasteiger partial charge is 0.362 e. The van der Waals surface area contributed by atoms with Gasteiger partial charge in [-0.15, -0.1) is 0 Å². The third-order valence-corrected chi connectivity index (χ3v) is 5.45. The molecule has 158 valence electrons. The zero-order chi connectivity index (χ0) is 22.1. The lowest BCUT2D eigenvalue weighted by Crippen LogP contribution is -2.38. The minimum atomic E-state index is -4.65. The third kappa shape index (κ3) is 4.51. The fourth-order valence-corrected chi connectivity index (χ4v) is 3.84. The first-order valence-corrected chi connectivity index (χ1v) is 9.61. The molecule has 0 aliphatic carbocycles. The molecule has 4 nitrogen and oxygen atoms in total. The van der Waals surface area contributed by atoms with Crippen LogP contribution in [0.5, 0.6) is 0 Å². The Morgan fingerprint density at radius 3 is 2.57 bits per heavy atom. The van der Waals surface area contributed by atoms with E-state index in [1.54, 1.807) is 15.9 Å². The van der Waals surface area contributed by atoms with Gasteiger partial charge in [0.15, 0.2) is 0 Å². The number of likely N-dealkylation sites (N-methyl/N-ethyl adjacent to an activating group) is 1. The molecule has 0 N–H and O–H groups in total. The maximum absolute atomic E-state index is 13.8. The molecule has 1 heterocycles. The van der Waals surface area contributed by atoms with Gasteiger partial charge in [0.1, 0.15) is 11.9 Å². The lowest BCUT2D eigenvalue weighted by atomic mass is 10.0. The molecule has 1 saturated heterocycles. The molecule has 9 heteroatoms. The van der Waals surface area contributed by atoms with Crippen LogP contribution in [0.25, 0.3) is 0 Å². The summed E-state index contributed by atoms with van der Waals surface area (Å²) in [6, 6.07) is 8.36. The summed E-state index contributed by atoms with van der Waals surface area (Å²) in [5.74, 6) is -0.893. The van der Waals surface area contributed by atoms with Crippen molar-refractivity contribution in [3.8, 4) is 6.07 Å². The summed E-state index contributed by atoms with van der Waals surface area (Å²) in [4.78, 5) is 15.5. The first-order valence-electron chi connectivity index (χ1n) is 9.23. The van der Waals surface area contributed by atoms with E-state index in [1.807, 2.05) is 13.0 Å². The molecule has 1 aliphatic heterocycles. The molecule has 0 radical (unpaired) electrons. The van der Waals surface area contributed by atoms with Crippen LogP contribution in [0.4, 0.5) is 23.2 Å². The lowest BCUT2D eigenvalue weighted by molar-refractivity contribution is -0.138. The van der Waals surface area contributed by atoms with Gasteiger partial charge in [0.05, 0.1) is 22.2 Å². The van der Waals surface area contributed by atoms with Gasteiger partial charge in [-0.25, -0.2) is 4.39 Å². The molecule has 2 aromatic rings. The molecule has 1 atom stereocenters. The van der Waals surface area contributed by atoms with Crippen molar-refractivity contribution in [3.05, 3.63) is 63.9 Å². The summed E-state index contributed by atoms with van der Waals surface area (Å²) < 4.78 is 54.3. The van der Waals surface area contributed by atoms with Gasteiger partial charge in [-0.1, -0.05) is 11.6 Å². The van der Waals surface area contributed by atoms with Crippen LogP contribution in [0.2, 0.25) is 5.02 Å². The Bertz CT molecular complexity index is 1000. The van der Waals surface area contributed by atoms with E-state index in [-0.39, 0.29) is 35.0 Å². The summed E-state index contributed by atoms with van der Waals surface area (Å²) >= 11 is 6.13. The standard InChI is InChI=1S/C21H18ClF4N3O/c1-2-28-12-17(9-20(28)30)29(16-5-3-13(10-27)19(22)8-16)11-14-7-15(23)4-6-18(14)21(24,25)26/h3-8,17H,2,9,11-12H2,1H3/t17-/m0/s1. The highest BCUT2D eigenvalue weighted by atomic mass is 35.5. The van der Waals surface area contributed by atoms with Gasteiger partial charge in [0.2, 0.25) is 5.91 Å². The van der Waals surface area contributed by atoms with Gasteiger partial charge in [-0.2, -0.15) is 18.4 Å². The fraction of sp³-hybridized carbons (Fsp3) is 0.333. The van der Waals surface area contributed by atoms with E-state index in [2.05, 4.69) is 0 Å². The quantitative estimate of drug-likeness (QED) is 0.616. The first-order chi connectivity index (χ1) is 14.1. The molecular weight excluding hydrogens is 422 g/mol. The van der Waals surface area contributed by atoms with E-state index in [0.717, 1.165) is 12.1 Å². The van der Waals surface area contributed by atoms with Crippen LogP contribution in [0.15, 0.2) is 36.4 Å². The minimum absolute atomic E-state index is 0.109. The zero-order valence-electron chi connectivity index (χ0n) is 16.0. The van der Waals surface area contributed by atoms with E-state index in [9.17, 15) is 22.4 Å². The lowest BCUT2D eigenvalue weighted by Gasteiger charge is -2.32. The highest BCUT2D eigenvalue weighted by Crippen LogP contribution is 2.35. The van der Waals surface area contributed by atoms with Gasteiger partial charge >= 0.3 is 6.18 Å². The van der Waals surface area contributed by atoms with E-state index in [0.29, 0.717) is 24.8 Å². The molecule has 30 heavy (non-hydrogen) atoms. The van der Waals surface area contributed by atoms with Crippen molar-refractivity contribution < 1.29 is 22.4 Å². The molecule has 1 amide bonds. The molecule has 0 bridgehead atoms. The molecular formula is C21H18ClF4N3O. The molecule has 1 aliphatic rings. The van der Waals surface area contributed by atoms with Gasteiger partial charge in [-0.05, 0) is 48.9 Å². The molecule has 0 saturated carbocycles. The van der Waals surface area contributed by atoms with Crippen LogP contribution in [-0.4, -0.2) is 29.9 Å². The molecule has 1 fully saturated rings. The van der Waals surface area contributed by atoms with E-state index >= 15 is 0 Å². The van der Waals surface area contributed by atoms with Crippen molar-refractivity contribution in [1.29, 1.82) is 5.26 Å². The number of amides is 1. The number of halogens is 5. The Balaban J connectivity index is 2.06. The van der Waals surface area contributed by atoms with Crippen LogP contribution in [0.3, 0.4) is 0 Å². The van der Waals surface area contributed by atoms with Gasteiger partial charge in [-0.3, -0.25) is 4.79 Å². The number of nitriles is 1. The number of anilines is 1. The van der Waals surface area contributed by atoms with Crippen LogP contribution in [0, 0.1) is 17.1 Å². The van der Waals surface area contributed by atoms with Crippen molar-refractivity contribution >= 4 is 23.2 Å². The number of benzene rings is 2. The summed E-state index contributed by atoms with van der Waals surface area (Å²) in [7, 11) is 0. The molecule has 3 rings (SSSR count). The highest BCUT2D eigenvalue weighted by molar-refractivity contribution is 6.32. The Morgan fingerprint density at radius 2 is 2.00 bits per heavy atom. The molecule has 0 aromatic heterocycles. The Morgan fingerprint density at radius 1 is 1.27 bits per heavy atom. The Hall–Kier alpha value is -2.79. The number of carbonyl (C=O) groups is 1. The summed E-state index contributed by atoms with van der Waals surface area (Å²) in [6.07, 6.45) is -4.54. The number of nitrogens with zero attached hydrogens (tertiary/aromatic N) is 3. The second-order valence-corrected chi connectivity index (χ2v) is 7.40. The van der Waals surface area contributed by atoms with Crippen LogP contribution in [-0.2, 0) is 17.5 Å². The summed E-state index contributed by atoms with van der Waals surface area (Å²) in [5, 5.41) is 9.23. The number of hydrogen-bond donors (Lipinski definition) is 0. The van der Waals surface area contributed by atoms with Crippen LogP contribution < -0.4 is 4.90 Å². The average molecular weight is 440 g/mol. The maximum Gasteiger partial charge on any atom is 0.416 e. The van der Waals surface area contributed by atoms with E-state index in [4.69, 9.17) is 16.9 Å². The zero-order valence-corrected chi connectivity index (χ0v) is 16.8. The monoisotopic (exact) mass is 439 g/mol. The van der Waals surface area contributed by atoms with Crippen LogP contribution >= 0.6 is 11.6 Å². The van der Waals surface area contributed by atoms with Gasteiger partial charge in [0.25, 0.3) is 0 Å². The minimum Gasteiger partial charge on any atom is -0.362 e. The van der Waals surface area contributed by atoms with Crippen molar-refractivity contribution in [3.63, 3.8) is 0 Å². The highest BCUT2D eigenvalue weighted by Gasteiger charge is 2.37. The summed E-state index contributed by atoms with van der Waals surface area (Å²) in [6.45, 7) is 2.34. The SMILES string of the molecule is CCN1C[C@@H](N(Cc2cc(F)ccc2C(F)(F)F)c2ccc(C#N)c(Cl)c2)CC1=O. The molecule has 2 aromatic carbocycles. The second-order valence-electron chi connectivity index (χ2n) is 6.99. The van der Waals surface area contributed by atoms with Gasteiger partial charge in [0, 0.05) is 31.7 Å². The van der Waals surface area contributed by atoms with Crippen LogP contribution in [0.1, 0.15) is 30.0 Å². The Kier molecular flexibility index (Phi) is 6.22. The second kappa shape index (κ2) is 8.52. The van der Waals surface area contributed by atoms with E-state index < -0.39 is 23.6 Å². The number of alkyl halides is 3. The number of carbonyl (C=O) groups excluding carboxylic acids is 1. The van der Waals surface area contributed by atoms with Crippen molar-refractivity contribution in [2.24, 2.45) is 0 Å².